The Labute approximate surface area is 134 Å². The molecule has 0 bridgehead atoms. The van der Waals surface area contributed by atoms with Crippen LogP contribution in [0.5, 0.6) is 0 Å². The van der Waals surface area contributed by atoms with Gasteiger partial charge in [0.25, 0.3) is 0 Å². The number of piperidine rings is 1. The van der Waals surface area contributed by atoms with E-state index < -0.39 is 0 Å². The van der Waals surface area contributed by atoms with Gasteiger partial charge in [-0.3, -0.25) is 4.90 Å². The van der Waals surface area contributed by atoms with Gasteiger partial charge in [0.15, 0.2) is 0 Å². The molecule has 22 heavy (non-hydrogen) atoms. The molecule has 0 N–H and O–H groups in total. The summed E-state index contributed by atoms with van der Waals surface area (Å²) in [5.41, 5.74) is 0.438. The fourth-order valence-corrected chi connectivity index (χ4v) is 4.37. The largest absolute Gasteiger partial charge is 0.468 e. The molecule has 4 heteroatoms. The molecule has 0 amide bonds. The van der Waals surface area contributed by atoms with Crippen LogP contribution in [-0.2, 0) is 11.3 Å². The lowest BCUT2D eigenvalue weighted by Gasteiger charge is -2.44. The summed E-state index contributed by atoms with van der Waals surface area (Å²) in [6, 6.07) is 4.73. The van der Waals surface area contributed by atoms with Gasteiger partial charge in [-0.05, 0) is 57.3 Å². The van der Waals surface area contributed by atoms with Crippen LogP contribution >= 0.6 is 0 Å². The Kier molecular flexibility index (Phi) is 4.91. The van der Waals surface area contributed by atoms with Gasteiger partial charge in [0.05, 0.1) is 19.4 Å². The standard InChI is InChI=1S/C18H30N2O2/c1-15(2)20-8-6-18(7-9-20)14-19(11-16(18)13-21-3)12-17-5-4-10-22-17/h4-5,10,15-16H,6-9,11-14H2,1-3H3. The van der Waals surface area contributed by atoms with E-state index in [0.717, 1.165) is 25.5 Å². The number of ether oxygens (including phenoxy) is 1. The number of likely N-dealkylation sites (tertiary alicyclic amines) is 2. The molecule has 1 aromatic heterocycles. The van der Waals surface area contributed by atoms with Crippen molar-refractivity contribution in [2.45, 2.75) is 39.3 Å². The number of hydrogen-bond donors (Lipinski definition) is 0. The van der Waals surface area contributed by atoms with Crippen molar-refractivity contribution in [2.75, 3.05) is 39.9 Å². The second-order valence-electron chi connectivity index (χ2n) is 7.39. The second-order valence-corrected chi connectivity index (χ2v) is 7.39. The number of hydrogen-bond acceptors (Lipinski definition) is 4. The molecule has 3 rings (SSSR count). The van der Waals surface area contributed by atoms with Gasteiger partial charge in [0, 0.05) is 32.2 Å². The zero-order valence-electron chi connectivity index (χ0n) is 14.3. The van der Waals surface area contributed by atoms with Crippen LogP contribution in [-0.4, -0.2) is 55.7 Å². The Bertz CT molecular complexity index is 450. The molecule has 4 nitrogen and oxygen atoms in total. The first kappa shape index (κ1) is 16.0. The van der Waals surface area contributed by atoms with Crippen LogP contribution in [0, 0.1) is 11.3 Å². The smallest absolute Gasteiger partial charge is 0.117 e. The summed E-state index contributed by atoms with van der Waals surface area (Å²) in [5.74, 6) is 1.73. The van der Waals surface area contributed by atoms with Gasteiger partial charge < -0.3 is 14.1 Å². The minimum Gasteiger partial charge on any atom is -0.468 e. The van der Waals surface area contributed by atoms with Crippen molar-refractivity contribution < 1.29 is 9.15 Å². The van der Waals surface area contributed by atoms with Gasteiger partial charge in [0.1, 0.15) is 5.76 Å². The Balaban J connectivity index is 1.66. The van der Waals surface area contributed by atoms with Crippen molar-refractivity contribution in [1.29, 1.82) is 0 Å². The highest BCUT2D eigenvalue weighted by atomic mass is 16.5. The van der Waals surface area contributed by atoms with Crippen molar-refractivity contribution in [2.24, 2.45) is 11.3 Å². The lowest BCUT2D eigenvalue weighted by molar-refractivity contribution is 0.0280. The first-order chi connectivity index (χ1) is 10.6. The van der Waals surface area contributed by atoms with Crippen molar-refractivity contribution in [3.8, 4) is 0 Å². The lowest BCUT2D eigenvalue weighted by Crippen LogP contribution is -2.47. The highest BCUT2D eigenvalue weighted by Gasteiger charge is 2.47. The first-order valence-electron chi connectivity index (χ1n) is 8.61. The van der Waals surface area contributed by atoms with E-state index in [1.807, 2.05) is 13.2 Å². The molecule has 2 aliphatic rings. The van der Waals surface area contributed by atoms with Gasteiger partial charge in [-0.2, -0.15) is 0 Å². The summed E-state index contributed by atoms with van der Waals surface area (Å²) in [6.45, 7) is 11.2. The third kappa shape index (κ3) is 3.24. The number of furan rings is 1. The molecule has 2 saturated heterocycles. The Morgan fingerprint density at radius 2 is 2.14 bits per heavy atom. The molecular formula is C18H30N2O2. The highest BCUT2D eigenvalue weighted by Crippen LogP contribution is 2.45. The molecule has 0 aromatic carbocycles. The zero-order chi connectivity index (χ0) is 15.6. The molecule has 1 unspecified atom stereocenters. The van der Waals surface area contributed by atoms with Crippen LogP contribution in [0.3, 0.4) is 0 Å². The molecule has 1 atom stereocenters. The topological polar surface area (TPSA) is 28.9 Å². The molecule has 0 radical (unpaired) electrons. The van der Waals surface area contributed by atoms with Crippen LogP contribution in [0.1, 0.15) is 32.4 Å². The van der Waals surface area contributed by atoms with Crippen LogP contribution in [0.4, 0.5) is 0 Å². The number of rotatable bonds is 5. The maximum Gasteiger partial charge on any atom is 0.117 e. The zero-order valence-corrected chi connectivity index (χ0v) is 14.3. The summed E-state index contributed by atoms with van der Waals surface area (Å²) in [5, 5.41) is 0. The average Bonchev–Trinajstić information content (AvgIpc) is 3.10. The third-order valence-corrected chi connectivity index (χ3v) is 5.73. The minimum atomic E-state index is 0.438. The molecule has 1 spiro atoms. The van der Waals surface area contributed by atoms with E-state index in [0.29, 0.717) is 17.4 Å². The van der Waals surface area contributed by atoms with E-state index in [4.69, 9.17) is 9.15 Å². The molecule has 3 heterocycles. The molecule has 0 saturated carbocycles. The van der Waals surface area contributed by atoms with Crippen molar-refractivity contribution in [3.63, 3.8) is 0 Å². The Hall–Kier alpha value is -0.840. The van der Waals surface area contributed by atoms with Crippen molar-refractivity contribution in [3.05, 3.63) is 24.2 Å². The van der Waals surface area contributed by atoms with Crippen LogP contribution in [0.15, 0.2) is 22.8 Å². The summed E-state index contributed by atoms with van der Waals surface area (Å²) in [4.78, 5) is 5.18. The summed E-state index contributed by atoms with van der Waals surface area (Å²) >= 11 is 0. The van der Waals surface area contributed by atoms with Crippen LogP contribution in [0.25, 0.3) is 0 Å². The van der Waals surface area contributed by atoms with Gasteiger partial charge in [-0.1, -0.05) is 0 Å². The van der Waals surface area contributed by atoms with E-state index in [1.54, 1.807) is 6.26 Å². The van der Waals surface area contributed by atoms with E-state index in [-0.39, 0.29) is 0 Å². The maximum absolute atomic E-state index is 5.55. The van der Waals surface area contributed by atoms with Gasteiger partial charge in [-0.25, -0.2) is 0 Å². The van der Waals surface area contributed by atoms with E-state index in [2.05, 4.69) is 29.7 Å². The van der Waals surface area contributed by atoms with E-state index >= 15 is 0 Å². The van der Waals surface area contributed by atoms with E-state index in [1.165, 1.54) is 32.5 Å². The van der Waals surface area contributed by atoms with E-state index in [9.17, 15) is 0 Å². The second kappa shape index (κ2) is 6.73. The molecule has 1 aromatic rings. The number of methoxy groups -OCH3 is 1. The predicted octanol–water partition coefficient (Wildman–Crippen LogP) is 2.85. The van der Waals surface area contributed by atoms with Crippen molar-refractivity contribution in [1.82, 2.24) is 9.80 Å². The van der Waals surface area contributed by atoms with Crippen LogP contribution in [0.2, 0.25) is 0 Å². The van der Waals surface area contributed by atoms with Gasteiger partial charge in [-0.15, -0.1) is 0 Å². The fraction of sp³-hybridized carbons (Fsp3) is 0.778. The summed E-state index contributed by atoms with van der Waals surface area (Å²) < 4.78 is 11.1. The summed E-state index contributed by atoms with van der Waals surface area (Å²) in [7, 11) is 1.84. The minimum absolute atomic E-state index is 0.438. The fourth-order valence-electron chi connectivity index (χ4n) is 4.37. The normalized spacial score (nSPS) is 26.3. The SMILES string of the molecule is COCC1CN(Cc2ccco2)CC12CCN(C(C)C)CC2. The maximum atomic E-state index is 5.55. The molecule has 2 aliphatic heterocycles. The number of nitrogens with zero attached hydrogens (tertiary/aromatic N) is 2. The lowest BCUT2D eigenvalue weighted by atomic mass is 9.71. The van der Waals surface area contributed by atoms with Gasteiger partial charge >= 0.3 is 0 Å². The molecule has 2 fully saturated rings. The molecular weight excluding hydrogens is 276 g/mol. The highest BCUT2D eigenvalue weighted by molar-refractivity contribution is 5.03. The molecule has 0 aliphatic carbocycles. The van der Waals surface area contributed by atoms with Gasteiger partial charge in [0.2, 0.25) is 0 Å². The monoisotopic (exact) mass is 306 g/mol. The summed E-state index contributed by atoms with van der Waals surface area (Å²) in [6.07, 6.45) is 4.37. The third-order valence-electron chi connectivity index (χ3n) is 5.73. The van der Waals surface area contributed by atoms with Crippen molar-refractivity contribution >= 4 is 0 Å². The Morgan fingerprint density at radius 1 is 1.36 bits per heavy atom. The quantitative estimate of drug-likeness (QED) is 0.836. The predicted molar refractivity (Wildman–Crippen MR) is 87.7 cm³/mol. The van der Waals surface area contributed by atoms with Crippen LogP contribution < -0.4 is 0 Å². The first-order valence-corrected chi connectivity index (χ1v) is 8.61. The average molecular weight is 306 g/mol. The molecule has 124 valence electrons. The Morgan fingerprint density at radius 3 is 2.73 bits per heavy atom.